The van der Waals surface area contributed by atoms with Gasteiger partial charge in [-0.1, -0.05) is 11.8 Å². The van der Waals surface area contributed by atoms with E-state index in [4.69, 9.17) is 0 Å². The van der Waals surface area contributed by atoms with E-state index in [-0.39, 0.29) is 11.8 Å². The fourth-order valence-electron chi connectivity index (χ4n) is 3.27. The number of hydrogen-bond donors (Lipinski definition) is 1. The minimum Gasteiger partial charge on any atom is -0.326 e. The summed E-state index contributed by atoms with van der Waals surface area (Å²) in [5.74, 6) is 0.111. The molecule has 7 heteroatoms. The lowest BCUT2D eigenvalue weighted by Crippen LogP contribution is -2.23. The molecule has 1 aromatic carbocycles. The maximum absolute atomic E-state index is 12.3. The zero-order chi connectivity index (χ0) is 19.4. The van der Waals surface area contributed by atoms with E-state index in [0.717, 1.165) is 46.4 Å². The van der Waals surface area contributed by atoms with Gasteiger partial charge in [0.2, 0.25) is 11.8 Å². The lowest BCUT2D eigenvalue weighted by atomic mass is 10.1. The summed E-state index contributed by atoms with van der Waals surface area (Å²) < 4.78 is 0. The van der Waals surface area contributed by atoms with Gasteiger partial charge in [-0.25, -0.2) is 9.97 Å². The Bertz CT molecular complexity index is 829. The molecule has 0 bridgehead atoms. The third-order valence-electron chi connectivity index (χ3n) is 4.72. The van der Waals surface area contributed by atoms with E-state index in [9.17, 15) is 9.59 Å². The van der Waals surface area contributed by atoms with Crippen molar-refractivity contribution in [2.45, 2.75) is 44.7 Å². The number of hydrogen-bond acceptors (Lipinski definition) is 5. The second kappa shape index (κ2) is 8.52. The molecule has 0 spiro atoms. The molecule has 142 valence electrons. The number of amides is 2. The van der Waals surface area contributed by atoms with Crippen LogP contribution in [0.25, 0.3) is 0 Å². The molecule has 1 saturated heterocycles. The number of benzene rings is 1. The number of aryl methyl sites for hydroxylation is 2. The molecule has 1 aliphatic rings. The van der Waals surface area contributed by atoms with E-state index in [1.54, 1.807) is 4.90 Å². The molecule has 0 unspecified atom stereocenters. The summed E-state index contributed by atoms with van der Waals surface area (Å²) in [5, 5.41) is 3.67. The van der Waals surface area contributed by atoms with Gasteiger partial charge < -0.3 is 10.2 Å². The minimum absolute atomic E-state index is 0.0484. The summed E-state index contributed by atoms with van der Waals surface area (Å²) in [6.45, 7) is 4.68. The first-order chi connectivity index (χ1) is 13.0. The van der Waals surface area contributed by atoms with Crippen LogP contribution in [0, 0.1) is 13.8 Å². The summed E-state index contributed by atoms with van der Waals surface area (Å²) in [4.78, 5) is 34.8. The number of carbonyl (C=O) groups is 2. The van der Waals surface area contributed by atoms with E-state index in [1.807, 2.05) is 44.4 Å². The Kier molecular flexibility index (Phi) is 6.11. The second-order valence-electron chi connectivity index (χ2n) is 6.60. The molecule has 0 atom stereocenters. The molecule has 0 saturated carbocycles. The molecular weight excluding hydrogens is 360 g/mol. The van der Waals surface area contributed by atoms with Crippen LogP contribution in [-0.2, 0) is 16.0 Å². The molecule has 27 heavy (non-hydrogen) atoms. The van der Waals surface area contributed by atoms with Crippen molar-refractivity contribution >= 4 is 35.0 Å². The van der Waals surface area contributed by atoms with Crippen molar-refractivity contribution in [3.63, 3.8) is 0 Å². The van der Waals surface area contributed by atoms with E-state index in [0.29, 0.717) is 19.3 Å². The number of carbonyl (C=O) groups excluding carboxylic acids is 2. The number of rotatable bonds is 6. The molecule has 2 amide bonds. The number of aromatic nitrogens is 2. The average Bonchev–Trinajstić information content (AvgIpc) is 3.07. The van der Waals surface area contributed by atoms with Gasteiger partial charge in [0, 0.05) is 42.1 Å². The van der Waals surface area contributed by atoms with Gasteiger partial charge in [-0.05, 0) is 62.8 Å². The molecule has 2 aromatic rings. The highest BCUT2D eigenvalue weighted by atomic mass is 32.2. The monoisotopic (exact) mass is 384 g/mol. The standard InChI is InChI=1S/C20H24N4O2S/c1-13-17(14(2)22-20(21-13)27-3)10-11-18(25)23-15-6-8-16(9-7-15)24-12-4-5-19(24)26/h6-9H,4-5,10-12H2,1-3H3,(H,23,25). The zero-order valence-corrected chi connectivity index (χ0v) is 16.7. The van der Waals surface area contributed by atoms with Gasteiger partial charge in [0.25, 0.3) is 0 Å². The first-order valence-electron chi connectivity index (χ1n) is 9.06. The fraction of sp³-hybridized carbons (Fsp3) is 0.400. The third-order valence-corrected chi connectivity index (χ3v) is 5.27. The molecule has 0 radical (unpaired) electrons. The van der Waals surface area contributed by atoms with Crippen LogP contribution in [0.4, 0.5) is 11.4 Å². The molecule has 1 aromatic heterocycles. The maximum Gasteiger partial charge on any atom is 0.227 e. The zero-order valence-electron chi connectivity index (χ0n) is 15.9. The maximum atomic E-state index is 12.3. The Morgan fingerprint density at radius 1 is 1.19 bits per heavy atom. The number of anilines is 2. The van der Waals surface area contributed by atoms with Gasteiger partial charge in [-0.2, -0.15) is 0 Å². The van der Waals surface area contributed by atoms with Crippen molar-refractivity contribution in [1.82, 2.24) is 9.97 Å². The van der Waals surface area contributed by atoms with Gasteiger partial charge in [-0.3, -0.25) is 9.59 Å². The molecule has 0 aliphatic carbocycles. The molecule has 1 fully saturated rings. The van der Waals surface area contributed by atoms with Gasteiger partial charge in [-0.15, -0.1) is 0 Å². The molecule has 2 heterocycles. The van der Waals surface area contributed by atoms with Crippen LogP contribution in [-0.4, -0.2) is 34.6 Å². The average molecular weight is 385 g/mol. The Morgan fingerprint density at radius 2 is 1.85 bits per heavy atom. The van der Waals surface area contributed by atoms with Crippen molar-refractivity contribution in [2.24, 2.45) is 0 Å². The Labute approximate surface area is 163 Å². The van der Waals surface area contributed by atoms with Crippen LogP contribution in [0.5, 0.6) is 0 Å². The molecule has 6 nitrogen and oxygen atoms in total. The Balaban J connectivity index is 1.57. The van der Waals surface area contributed by atoms with Crippen LogP contribution >= 0.6 is 11.8 Å². The van der Waals surface area contributed by atoms with Gasteiger partial charge in [0.05, 0.1) is 0 Å². The van der Waals surface area contributed by atoms with Crippen molar-refractivity contribution in [2.75, 3.05) is 23.0 Å². The summed E-state index contributed by atoms with van der Waals surface area (Å²) in [6.07, 6.45) is 4.44. The number of nitrogens with one attached hydrogen (secondary N) is 1. The highest BCUT2D eigenvalue weighted by Gasteiger charge is 2.21. The number of nitrogens with zero attached hydrogens (tertiary/aromatic N) is 3. The van der Waals surface area contributed by atoms with Crippen LogP contribution in [0.2, 0.25) is 0 Å². The van der Waals surface area contributed by atoms with Crippen LogP contribution in [0.15, 0.2) is 29.4 Å². The molecule has 1 aliphatic heterocycles. The Morgan fingerprint density at radius 3 is 2.41 bits per heavy atom. The quantitative estimate of drug-likeness (QED) is 0.609. The number of thioether (sulfide) groups is 1. The lowest BCUT2D eigenvalue weighted by molar-refractivity contribution is -0.117. The summed E-state index contributed by atoms with van der Waals surface area (Å²) in [5.41, 5.74) is 4.51. The van der Waals surface area contributed by atoms with E-state index in [2.05, 4.69) is 15.3 Å². The van der Waals surface area contributed by atoms with Crippen molar-refractivity contribution in [1.29, 1.82) is 0 Å². The first kappa shape index (κ1) is 19.4. The summed E-state index contributed by atoms with van der Waals surface area (Å²) in [7, 11) is 0. The van der Waals surface area contributed by atoms with Crippen LogP contribution < -0.4 is 10.2 Å². The second-order valence-corrected chi connectivity index (χ2v) is 7.38. The van der Waals surface area contributed by atoms with Gasteiger partial charge >= 0.3 is 0 Å². The van der Waals surface area contributed by atoms with E-state index < -0.39 is 0 Å². The smallest absolute Gasteiger partial charge is 0.227 e. The van der Waals surface area contributed by atoms with E-state index in [1.165, 1.54) is 11.8 Å². The van der Waals surface area contributed by atoms with Gasteiger partial charge in [0.15, 0.2) is 5.16 Å². The molecule has 1 N–H and O–H groups in total. The minimum atomic E-state index is -0.0484. The van der Waals surface area contributed by atoms with Crippen molar-refractivity contribution in [3.05, 3.63) is 41.2 Å². The Hall–Kier alpha value is -2.41. The third kappa shape index (κ3) is 4.66. The van der Waals surface area contributed by atoms with Gasteiger partial charge in [0.1, 0.15) is 0 Å². The predicted molar refractivity (Wildman–Crippen MR) is 108 cm³/mol. The summed E-state index contributed by atoms with van der Waals surface area (Å²) in [6, 6.07) is 7.43. The van der Waals surface area contributed by atoms with Crippen molar-refractivity contribution in [3.8, 4) is 0 Å². The summed E-state index contributed by atoms with van der Waals surface area (Å²) >= 11 is 1.52. The van der Waals surface area contributed by atoms with Crippen LogP contribution in [0.3, 0.4) is 0 Å². The lowest BCUT2D eigenvalue weighted by Gasteiger charge is -2.16. The largest absolute Gasteiger partial charge is 0.326 e. The predicted octanol–water partition coefficient (Wildman–Crippen LogP) is 3.51. The highest BCUT2D eigenvalue weighted by molar-refractivity contribution is 7.98. The van der Waals surface area contributed by atoms with Crippen LogP contribution in [0.1, 0.15) is 36.2 Å². The molecule has 3 rings (SSSR count). The fourth-order valence-corrected chi connectivity index (χ4v) is 3.73. The first-order valence-corrected chi connectivity index (χ1v) is 10.3. The normalized spacial score (nSPS) is 13.9. The topological polar surface area (TPSA) is 75.2 Å². The SMILES string of the molecule is CSc1nc(C)c(CCC(=O)Nc2ccc(N3CCCC3=O)cc2)c(C)n1. The van der Waals surface area contributed by atoms with Crippen molar-refractivity contribution < 1.29 is 9.59 Å². The van der Waals surface area contributed by atoms with E-state index >= 15 is 0 Å². The highest BCUT2D eigenvalue weighted by Crippen LogP contribution is 2.23. The molecular formula is C20H24N4O2S.